The SMILES string of the molecule is CCC(=O)c1cc2cc(NC(=O)c3ccc(OCCOCCO)cc3)cnc2[nH]1. The lowest BCUT2D eigenvalue weighted by molar-refractivity contribution is 0.0705. The molecule has 2 aromatic heterocycles. The minimum absolute atomic E-state index is 0.0100. The van der Waals surface area contributed by atoms with Crippen molar-refractivity contribution in [1.82, 2.24) is 9.97 Å². The summed E-state index contributed by atoms with van der Waals surface area (Å²) in [5, 5.41) is 12.2. The van der Waals surface area contributed by atoms with E-state index in [-0.39, 0.29) is 24.9 Å². The van der Waals surface area contributed by atoms with Gasteiger partial charge in [-0.3, -0.25) is 9.59 Å². The van der Waals surface area contributed by atoms with Crippen LogP contribution >= 0.6 is 0 Å². The number of carbonyl (C=O) groups excluding carboxylic acids is 2. The van der Waals surface area contributed by atoms with E-state index in [9.17, 15) is 9.59 Å². The molecule has 0 radical (unpaired) electrons. The molecule has 8 nitrogen and oxygen atoms in total. The Morgan fingerprint density at radius 2 is 1.93 bits per heavy atom. The third kappa shape index (κ3) is 5.40. The number of aromatic nitrogens is 2. The minimum Gasteiger partial charge on any atom is -0.491 e. The number of benzene rings is 1. The lowest BCUT2D eigenvalue weighted by atomic mass is 10.2. The van der Waals surface area contributed by atoms with Crippen molar-refractivity contribution in [3.8, 4) is 5.75 Å². The number of Topliss-reactive ketones (excluding diaryl/α,β-unsaturated/α-hetero) is 1. The zero-order chi connectivity index (χ0) is 20.6. The monoisotopic (exact) mass is 397 g/mol. The molecular weight excluding hydrogens is 374 g/mol. The number of hydrogen-bond donors (Lipinski definition) is 3. The van der Waals surface area contributed by atoms with Crippen molar-refractivity contribution in [2.45, 2.75) is 13.3 Å². The topological polar surface area (TPSA) is 114 Å². The molecule has 0 aliphatic carbocycles. The number of H-pyrrole nitrogens is 1. The van der Waals surface area contributed by atoms with Crippen LogP contribution in [0.1, 0.15) is 34.2 Å². The predicted molar refractivity (Wildman–Crippen MR) is 109 cm³/mol. The van der Waals surface area contributed by atoms with E-state index in [1.807, 2.05) is 0 Å². The Bertz CT molecular complexity index is 982. The number of nitrogens with one attached hydrogen (secondary N) is 2. The molecule has 0 fully saturated rings. The summed E-state index contributed by atoms with van der Waals surface area (Å²) in [5.41, 5.74) is 2.13. The maximum Gasteiger partial charge on any atom is 0.255 e. The number of aliphatic hydroxyl groups excluding tert-OH is 1. The van der Waals surface area contributed by atoms with Crippen LogP contribution < -0.4 is 10.1 Å². The fraction of sp³-hybridized carbons (Fsp3) is 0.286. The average molecular weight is 397 g/mol. The van der Waals surface area contributed by atoms with E-state index in [2.05, 4.69) is 15.3 Å². The van der Waals surface area contributed by atoms with Crippen molar-refractivity contribution in [3.05, 3.63) is 53.9 Å². The number of anilines is 1. The molecule has 0 atom stereocenters. The van der Waals surface area contributed by atoms with Gasteiger partial charge < -0.3 is 24.9 Å². The van der Waals surface area contributed by atoms with E-state index in [0.29, 0.717) is 48.0 Å². The summed E-state index contributed by atoms with van der Waals surface area (Å²) in [6.07, 6.45) is 1.95. The first-order valence-corrected chi connectivity index (χ1v) is 9.35. The lowest BCUT2D eigenvalue weighted by Crippen LogP contribution is -2.12. The Balaban J connectivity index is 1.60. The maximum absolute atomic E-state index is 12.5. The second kappa shape index (κ2) is 9.81. The number of pyridine rings is 1. The number of aromatic amines is 1. The highest BCUT2D eigenvalue weighted by Gasteiger charge is 2.11. The van der Waals surface area contributed by atoms with Crippen LogP contribution in [0.5, 0.6) is 5.75 Å². The number of amides is 1. The third-order valence-corrected chi connectivity index (χ3v) is 4.20. The highest BCUT2D eigenvalue weighted by atomic mass is 16.5. The van der Waals surface area contributed by atoms with Crippen molar-refractivity contribution in [1.29, 1.82) is 0 Å². The van der Waals surface area contributed by atoms with Crippen LogP contribution in [0.25, 0.3) is 11.0 Å². The van der Waals surface area contributed by atoms with Crippen LogP contribution in [0.3, 0.4) is 0 Å². The van der Waals surface area contributed by atoms with Gasteiger partial charge in [-0.1, -0.05) is 6.92 Å². The second-order valence-electron chi connectivity index (χ2n) is 6.28. The summed E-state index contributed by atoms with van der Waals surface area (Å²) in [7, 11) is 0. The molecule has 1 amide bonds. The zero-order valence-electron chi connectivity index (χ0n) is 16.1. The largest absolute Gasteiger partial charge is 0.491 e. The van der Waals surface area contributed by atoms with E-state index in [1.165, 1.54) is 0 Å². The Kier molecular flexibility index (Phi) is 6.94. The number of ketones is 1. The van der Waals surface area contributed by atoms with Gasteiger partial charge in [-0.2, -0.15) is 0 Å². The standard InChI is InChI=1S/C21H23N3O5/c1-2-19(26)18-12-15-11-16(13-22-20(15)24-18)23-21(27)14-3-5-17(6-4-14)29-10-9-28-8-7-25/h3-6,11-13,25H,2,7-10H2,1H3,(H,22,24)(H,23,27). The first kappa shape index (κ1) is 20.5. The van der Waals surface area contributed by atoms with Crippen LogP contribution in [-0.4, -0.2) is 53.2 Å². The van der Waals surface area contributed by atoms with Crippen molar-refractivity contribution in [2.75, 3.05) is 31.7 Å². The molecule has 3 N–H and O–H groups in total. The molecule has 29 heavy (non-hydrogen) atoms. The van der Waals surface area contributed by atoms with Crippen LogP contribution in [0.4, 0.5) is 5.69 Å². The molecule has 0 spiro atoms. The first-order chi connectivity index (χ1) is 14.1. The summed E-state index contributed by atoms with van der Waals surface area (Å²) in [4.78, 5) is 31.5. The van der Waals surface area contributed by atoms with Gasteiger partial charge in [0.2, 0.25) is 0 Å². The van der Waals surface area contributed by atoms with Crippen molar-refractivity contribution < 1.29 is 24.2 Å². The van der Waals surface area contributed by atoms with Gasteiger partial charge in [-0.15, -0.1) is 0 Å². The van der Waals surface area contributed by atoms with Gasteiger partial charge in [0, 0.05) is 17.4 Å². The molecule has 152 valence electrons. The number of rotatable bonds is 10. The summed E-state index contributed by atoms with van der Waals surface area (Å²) in [6.45, 7) is 2.80. The van der Waals surface area contributed by atoms with Crippen molar-refractivity contribution >= 4 is 28.4 Å². The molecule has 8 heteroatoms. The molecule has 0 aliphatic heterocycles. The molecule has 0 saturated carbocycles. The number of aliphatic hydroxyl groups is 1. The molecule has 1 aromatic carbocycles. The maximum atomic E-state index is 12.5. The quantitative estimate of drug-likeness (QED) is 0.358. The summed E-state index contributed by atoms with van der Waals surface area (Å²) in [5.74, 6) is 0.359. The predicted octanol–water partition coefficient (Wildman–Crippen LogP) is 2.80. The second-order valence-corrected chi connectivity index (χ2v) is 6.28. The fourth-order valence-electron chi connectivity index (χ4n) is 2.72. The lowest BCUT2D eigenvalue weighted by Gasteiger charge is -2.08. The van der Waals surface area contributed by atoms with Gasteiger partial charge in [0.1, 0.15) is 18.0 Å². The molecule has 0 saturated heterocycles. The molecule has 0 aliphatic rings. The average Bonchev–Trinajstić information content (AvgIpc) is 3.17. The van der Waals surface area contributed by atoms with E-state index in [0.717, 1.165) is 5.39 Å². The number of hydrogen-bond acceptors (Lipinski definition) is 6. The fourth-order valence-corrected chi connectivity index (χ4v) is 2.72. The van der Waals surface area contributed by atoms with Gasteiger partial charge in [0.25, 0.3) is 5.91 Å². The van der Waals surface area contributed by atoms with E-state index in [4.69, 9.17) is 14.6 Å². The van der Waals surface area contributed by atoms with Gasteiger partial charge in [-0.05, 0) is 36.4 Å². The Morgan fingerprint density at radius 3 is 2.66 bits per heavy atom. The molecule has 0 bridgehead atoms. The highest BCUT2D eigenvalue weighted by molar-refractivity contribution is 6.05. The zero-order valence-corrected chi connectivity index (χ0v) is 16.1. The van der Waals surface area contributed by atoms with Gasteiger partial charge >= 0.3 is 0 Å². The van der Waals surface area contributed by atoms with E-state index in [1.54, 1.807) is 49.5 Å². The number of fused-ring (bicyclic) bond motifs is 1. The Morgan fingerprint density at radius 1 is 1.14 bits per heavy atom. The minimum atomic E-state index is -0.274. The van der Waals surface area contributed by atoms with E-state index >= 15 is 0 Å². The van der Waals surface area contributed by atoms with Crippen LogP contribution in [0.15, 0.2) is 42.6 Å². The number of carbonyl (C=O) groups is 2. The summed E-state index contributed by atoms with van der Waals surface area (Å²) in [6, 6.07) is 10.3. The van der Waals surface area contributed by atoms with Crippen LogP contribution in [0.2, 0.25) is 0 Å². The highest BCUT2D eigenvalue weighted by Crippen LogP contribution is 2.20. The Hall–Kier alpha value is -3.23. The normalized spacial score (nSPS) is 10.8. The van der Waals surface area contributed by atoms with E-state index < -0.39 is 0 Å². The summed E-state index contributed by atoms with van der Waals surface area (Å²) >= 11 is 0. The van der Waals surface area contributed by atoms with Gasteiger partial charge in [-0.25, -0.2) is 4.98 Å². The number of ether oxygens (including phenoxy) is 2. The van der Waals surface area contributed by atoms with Crippen molar-refractivity contribution in [2.24, 2.45) is 0 Å². The molecule has 2 heterocycles. The van der Waals surface area contributed by atoms with Crippen molar-refractivity contribution in [3.63, 3.8) is 0 Å². The van der Waals surface area contributed by atoms with Gasteiger partial charge in [0.15, 0.2) is 5.78 Å². The van der Waals surface area contributed by atoms with Crippen LogP contribution in [-0.2, 0) is 4.74 Å². The van der Waals surface area contributed by atoms with Crippen LogP contribution in [0, 0.1) is 0 Å². The molecule has 3 rings (SSSR count). The number of nitrogens with zero attached hydrogens (tertiary/aromatic N) is 1. The first-order valence-electron chi connectivity index (χ1n) is 9.35. The molecule has 3 aromatic rings. The summed E-state index contributed by atoms with van der Waals surface area (Å²) < 4.78 is 10.6. The third-order valence-electron chi connectivity index (χ3n) is 4.20. The molecular formula is C21H23N3O5. The smallest absolute Gasteiger partial charge is 0.255 e. The molecule has 0 unspecified atom stereocenters. The van der Waals surface area contributed by atoms with Gasteiger partial charge in [0.05, 0.1) is 37.4 Å². The Labute approximate surface area is 167 Å².